The molecule has 1 aromatic heterocycles. The van der Waals surface area contributed by atoms with Crippen LogP contribution in [0.15, 0.2) is 53.4 Å². The lowest BCUT2D eigenvalue weighted by Gasteiger charge is -2.08. The highest BCUT2D eigenvalue weighted by Crippen LogP contribution is 2.29. The van der Waals surface area contributed by atoms with Gasteiger partial charge >= 0.3 is 5.97 Å². The maximum absolute atomic E-state index is 12.4. The normalized spacial score (nSPS) is 11.4. The van der Waals surface area contributed by atoms with Crippen LogP contribution in [0.3, 0.4) is 0 Å². The molecule has 0 fully saturated rings. The Kier molecular flexibility index (Phi) is 4.49. The van der Waals surface area contributed by atoms with E-state index in [1.54, 1.807) is 24.3 Å². The molecule has 0 atom stereocenters. The average molecular weight is 382 g/mol. The fourth-order valence-electron chi connectivity index (χ4n) is 2.14. The van der Waals surface area contributed by atoms with Gasteiger partial charge in [0.15, 0.2) is 0 Å². The summed E-state index contributed by atoms with van der Waals surface area (Å²) in [6.45, 7) is 0. The number of methoxy groups -OCH3 is 1. The highest BCUT2D eigenvalue weighted by molar-refractivity contribution is 7.92. The Bertz CT molecular complexity index is 1010. The van der Waals surface area contributed by atoms with Crippen molar-refractivity contribution in [1.29, 1.82) is 0 Å². The van der Waals surface area contributed by atoms with Gasteiger partial charge in [-0.3, -0.25) is 4.72 Å². The first-order valence-corrected chi connectivity index (χ1v) is 9.47. The monoisotopic (exact) mass is 381 g/mol. The minimum absolute atomic E-state index is 0.118. The third-order valence-corrected chi connectivity index (χ3v) is 6.02. The third-order valence-electron chi connectivity index (χ3n) is 3.28. The molecular weight excluding hydrogens is 370 g/mol. The van der Waals surface area contributed by atoms with Gasteiger partial charge in [-0.2, -0.15) is 0 Å². The van der Waals surface area contributed by atoms with Crippen molar-refractivity contribution in [2.75, 3.05) is 11.8 Å². The van der Waals surface area contributed by atoms with Crippen LogP contribution in [0.25, 0.3) is 10.1 Å². The Labute approximate surface area is 147 Å². The molecule has 0 saturated heterocycles. The lowest BCUT2D eigenvalue weighted by molar-refractivity contribution is 0.0606. The minimum Gasteiger partial charge on any atom is -0.465 e. The number of fused-ring (bicyclic) bond motifs is 1. The van der Waals surface area contributed by atoms with E-state index in [1.807, 2.05) is 0 Å². The molecule has 8 heteroatoms. The van der Waals surface area contributed by atoms with Gasteiger partial charge in [0.05, 0.1) is 12.0 Å². The SMILES string of the molecule is COC(=O)c1cc2cc(NS(=O)(=O)c3ccc(Cl)cc3)ccc2s1. The Morgan fingerprint density at radius 2 is 1.83 bits per heavy atom. The van der Waals surface area contributed by atoms with E-state index >= 15 is 0 Å². The van der Waals surface area contributed by atoms with Crippen LogP contribution in [-0.4, -0.2) is 21.5 Å². The number of esters is 1. The number of rotatable bonds is 4. The summed E-state index contributed by atoms with van der Waals surface area (Å²) in [6.07, 6.45) is 0. The van der Waals surface area contributed by atoms with Gasteiger partial charge in [-0.25, -0.2) is 13.2 Å². The van der Waals surface area contributed by atoms with Crippen LogP contribution in [0.1, 0.15) is 9.67 Å². The molecule has 0 aliphatic carbocycles. The number of hydrogen-bond donors (Lipinski definition) is 1. The van der Waals surface area contributed by atoms with Crippen molar-refractivity contribution in [2.45, 2.75) is 4.90 Å². The number of anilines is 1. The van der Waals surface area contributed by atoms with Crippen molar-refractivity contribution < 1.29 is 17.9 Å². The predicted molar refractivity (Wildman–Crippen MR) is 95.4 cm³/mol. The first-order chi connectivity index (χ1) is 11.4. The molecule has 2 aromatic carbocycles. The number of carbonyl (C=O) groups excluding carboxylic acids is 1. The molecule has 0 unspecified atom stereocenters. The molecule has 0 bridgehead atoms. The van der Waals surface area contributed by atoms with Crippen molar-refractivity contribution in [3.8, 4) is 0 Å². The smallest absolute Gasteiger partial charge is 0.348 e. The van der Waals surface area contributed by atoms with Gasteiger partial charge in [0, 0.05) is 15.4 Å². The van der Waals surface area contributed by atoms with E-state index in [-0.39, 0.29) is 4.90 Å². The number of ether oxygens (including phenoxy) is 1. The lowest BCUT2D eigenvalue weighted by Crippen LogP contribution is -2.12. The van der Waals surface area contributed by atoms with Crippen LogP contribution in [0.4, 0.5) is 5.69 Å². The first kappa shape index (κ1) is 16.8. The van der Waals surface area contributed by atoms with Gasteiger partial charge in [-0.15, -0.1) is 11.3 Å². The van der Waals surface area contributed by atoms with E-state index in [4.69, 9.17) is 16.3 Å². The molecule has 124 valence electrons. The summed E-state index contributed by atoms with van der Waals surface area (Å²) in [5.74, 6) is -0.417. The minimum atomic E-state index is -3.71. The molecule has 1 N–H and O–H groups in total. The Hall–Kier alpha value is -2.09. The highest BCUT2D eigenvalue weighted by Gasteiger charge is 2.15. The fourth-order valence-corrected chi connectivity index (χ4v) is 4.27. The van der Waals surface area contributed by atoms with E-state index in [2.05, 4.69) is 4.72 Å². The van der Waals surface area contributed by atoms with E-state index in [0.29, 0.717) is 15.6 Å². The lowest BCUT2D eigenvalue weighted by atomic mass is 10.2. The van der Waals surface area contributed by atoms with Crippen LogP contribution in [-0.2, 0) is 14.8 Å². The van der Waals surface area contributed by atoms with Gasteiger partial charge in [-0.1, -0.05) is 11.6 Å². The van der Waals surface area contributed by atoms with Crippen LogP contribution in [0, 0.1) is 0 Å². The predicted octanol–water partition coefficient (Wildman–Crippen LogP) is 4.14. The van der Waals surface area contributed by atoms with Crippen molar-refractivity contribution in [1.82, 2.24) is 0 Å². The standard InChI is InChI=1S/C16H12ClNO4S2/c1-22-16(19)15-9-10-8-12(4-7-14(10)23-15)18-24(20,21)13-5-2-11(17)3-6-13/h2-9,18H,1H3. The summed E-state index contributed by atoms with van der Waals surface area (Å²) < 4.78 is 32.8. The van der Waals surface area contributed by atoms with Crippen molar-refractivity contribution in [3.05, 3.63) is 58.4 Å². The average Bonchev–Trinajstić information content (AvgIpc) is 2.97. The summed E-state index contributed by atoms with van der Waals surface area (Å²) in [5, 5.41) is 1.22. The van der Waals surface area contributed by atoms with E-state index < -0.39 is 16.0 Å². The quantitative estimate of drug-likeness (QED) is 0.689. The largest absolute Gasteiger partial charge is 0.465 e. The van der Waals surface area contributed by atoms with Gasteiger partial charge < -0.3 is 4.74 Å². The number of nitrogens with one attached hydrogen (secondary N) is 1. The van der Waals surface area contributed by atoms with Crippen LogP contribution < -0.4 is 4.72 Å². The van der Waals surface area contributed by atoms with Gasteiger partial charge in [0.2, 0.25) is 0 Å². The summed E-state index contributed by atoms with van der Waals surface area (Å²) in [6, 6.07) is 12.6. The van der Waals surface area contributed by atoms with Gasteiger partial charge in [-0.05, 0) is 53.9 Å². The van der Waals surface area contributed by atoms with Gasteiger partial charge in [0.25, 0.3) is 10.0 Å². The first-order valence-electron chi connectivity index (χ1n) is 6.79. The van der Waals surface area contributed by atoms with E-state index in [9.17, 15) is 13.2 Å². The molecule has 24 heavy (non-hydrogen) atoms. The van der Waals surface area contributed by atoms with Crippen LogP contribution >= 0.6 is 22.9 Å². The number of thiophene rings is 1. The summed E-state index contributed by atoms with van der Waals surface area (Å²) in [5.41, 5.74) is 0.409. The zero-order valence-electron chi connectivity index (χ0n) is 12.4. The molecule has 0 aliphatic heterocycles. The zero-order valence-corrected chi connectivity index (χ0v) is 14.8. The molecule has 0 aliphatic rings. The molecule has 0 saturated carbocycles. The molecule has 3 rings (SSSR count). The molecule has 3 aromatic rings. The second kappa shape index (κ2) is 6.43. The van der Waals surface area contributed by atoms with E-state index in [1.165, 1.54) is 42.7 Å². The maximum Gasteiger partial charge on any atom is 0.348 e. The number of halogens is 1. The van der Waals surface area contributed by atoms with Crippen molar-refractivity contribution in [2.24, 2.45) is 0 Å². The summed E-state index contributed by atoms with van der Waals surface area (Å²) in [4.78, 5) is 12.2. The zero-order chi connectivity index (χ0) is 17.3. The van der Waals surface area contributed by atoms with Crippen LogP contribution in [0.5, 0.6) is 0 Å². The second-order valence-electron chi connectivity index (χ2n) is 4.91. The maximum atomic E-state index is 12.4. The topological polar surface area (TPSA) is 72.5 Å². The Balaban J connectivity index is 1.92. The molecule has 0 radical (unpaired) electrons. The van der Waals surface area contributed by atoms with Crippen molar-refractivity contribution >= 4 is 54.7 Å². The molecule has 0 amide bonds. The fraction of sp³-hybridized carbons (Fsp3) is 0.0625. The van der Waals surface area contributed by atoms with Gasteiger partial charge in [0.1, 0.15) is 4.88 Å². The Morgan fingerprint density at radius 3 is 2.50 bits per heavy atom. The number of sulfonamides is 1. The van der Waals surface area contributed by atoms with E-state index in [0.717, 1.165) is 10.1 Å². The number of hydrogen-bond acceptors (Lipinski definition) is 5. The molecule has 5 nitrogen and oxygen atoms in total. The highest BCUT2D eigenvalue weighted by atomic mass is 35.5. The van der Waals surface area contributed by atoms with Crippen LogP contribution in [0.2, 0.25) is 5.02 Å². The second-order valence-corrected chi connectivity index (χ2v) is 8.12. The third kappa shape index (κ3) is 3.38. The summed E-state index contributed by atoms with van der Waals surface area (Å²) in [7, 11) is -2.39. The number of carbonyl (C=O) groups is 1. The summed E-state index contributed by atoms with van der Waals surface area (Å²) >= 11 is 7.06. The van der Waals surface area contributed by atoms with Crippen molar-refractivity contribution in [3.63, 3.8) is 0 Å². The molecular formula is C16H12ClNO4S2. The molecule has 1 heterocycles. The number of benzene rings is 2. The molecule has 0 spiro atoms. The Morgan fingerprint density at radius 1 is 1.12 bits per heavy atom.